The smallest absolute Gasteiger partial charge is 0.323 e. The van der Waals surface area contributed by atoms with Crippen LogP contribution < -0.4 is 5.32 Å². The zero-order valence-corrected chi connectivity index (χ0v) is 13.5. The first-order valence-corrected chi connectivity index (χ1v) is 8.57. The SMILES string of the molecule is O=C1NC2(CCCCCCC2)C(=O)N1CC=Cc1ccccc1. The third-order valence-corrected chi connectivity index (χ3v) is 4.85. The Morgan fingerprint density at radius 1 is 1.00 bits per heavy atom. The number of nitrogens with zero attached hydrogens (tertiary/aromatic N) is 1. The van der Waals surface area contributed by atoms with Gasteiger partial charge in [-0.3, -0.25) is 9.69 Å². The molecular weight excluding hydrogens is 288 g/mol. The van der Waals surface area contributed by atoms with Crippen molar-refractivity contribution in [3.8, 4) is 0 Å². The molecule has 1 saturated carbocycles. The number of carbonyl (C=O) groups is 2. The number of hydrogen-bond acceptors (Lipinski definition) is 2. The highest BCUT2D eigenvalue weighted by atomic mass is 16.2. The molecule has 0 radical (unpaired) electrons. The summed E-state index contributed by atoms with van der Waals surface area (Å²) in [7, 11) is 0. The van der Waals surface area contributed by atoms with E-state index in [9.17, 15) is 9.59 Å². The molecule has 0 aromatic heterocycles. The Labute approximate surface area is 137 Å². The Balaban J connectivity index is 1.67. The topological polar surface area (TPSA) is 49.4 Å². The Bertz CT molecular complexity index is 587. The second kappa shape index (κ2) is 6.99. The summed E-state index contributed by atoms with van der Waals surface area (Å²) in [5.74, 6) is -0.0397. The van der Waals surface area contributed by atoms with Gasteiger partial charge >= 0.3 is 6.03 Å². The quantitative estimate of drug-likeness (QED) is 0.865. The number of imide groups is 1. The second-order valence-electron chi connectivity index (χ2n) is 6.51. The van der Waals surface area contributed by atoms with Crippen molar-refractivity contribution in [2.75, 3.05) is 6.54 Å². The molecule has 1 saturated heterocycles. The Kier molecular flexibility index (Phi) is 4.79. The number of rotatable bonds is 3. The van der Waals surface area contributed by atoms with Gasteiger partial charge < -0.3 is 5.32 Å². The van der Waals surface area contributed by atoms with Crippen molar-refractivity contribution in [3.05, 3.63) is 42.0 Å². The van der Waals surface area contributed by atoms with Crippen LogP contribution in [-0.4, -0.2) is 28.9 Å². The Hall–Kier alpha value is -2.10. The van der Waals surface area contributed by atoms with Gasteiger partial charge in [0.25, 0.3) is 5.91 Å². The van der Waals surface area contributed by atoms with Gasteiger partial charge in [-0.25, -0.2) is 4.79 Å². The number of urea groups is 1. The molecule has 3 amide bonds. The van der Waals surface area contributed by atoms with E-state index in [1.807, 2.05) is 42.5 Å². The summed E-state index contributed by atoms with van der Waals surface area (Å²) in [6.07, 6.45) is 10.9. The molecule has 0 bridgehead atoms. The lowest BCUT2D eigenvalue weighted by molar-refractivity contribution is -0.131. The van der Waals surface area contributed by atoms with E-state index in [0.717, 1.165) is 44.1 Å². The first-order chi connectivity index (χ1) is 11.2. The maximum Gasteiger partial charge on any atom is 0.325 e. The highest BCUT2D eigenvalue weighted by Crippen LogP contribution is 2.32. The summed E-state index contributed by atoms with van der Waals surface area (Å²) in [6, 6.07) is 9.66. The molecule has 1 aromatic rings. The maximum atomic E-state index is 12.8. The first-order valence-electron chi connectivity index (χ1n) is 8.57. The number of nitrogens with one attached hydrogen (secondary N) is 1. The van der Waals surface area contributed by atoms with Crippen molar-refractivity contribution in [2.45, 2.75) is 50.5 Å². The fourth-order valence-electron chi connectivity index (χ4n) is 3.55. The number of hydrogen-bond donors (Lipinski definition) is 1. The Morgan fingerprint density at radius 2 is 1.65 bits per heavy atom. The van der Waals surface area contributed by atoms with Crippen LogP contribution in [-0.2, 0) is 4.79 Å². The van der Waals surface area contributed by atoms with Crippen molar-refractivity contribution < 1.29 is 9.59 Å². The van der Waals surface area contributed by atoms with Crippen LogP contribution in [0.25, 0.3) is 6.08 Å². The number of benzene rings is 1. The molecule has 0 unspecified atom stereocenters. The zero-order chi connectivity index (χ0) is 16.1. The van der Waals surface area contributed by atoms with E-state index in [2.05, 4.69) is 5.32 Å². The van der Waals surface area contributed by atoms with Crippen molar-refractivity contribution in [2.24, 2.45) is 0 Å². The maximum absolute atomic E-state index is 12.8. The van der Waals surface area contributed by atoms with E-state index in [0.29, 0.717) is 6.54 Å². The molecule has 2 fully saturated rings. The molecule has 1 aliphatic carbocycles. The fraction of sp³-hybridized carbons (Fsp3) is 0.474. The van der Waals surface area contributed by atoms with Crippen LogP contribution in [0.5, 0.6) is 0 Å². The molecule has 1 aromatic carbocycles. The highest BCUT2D eigenvalue weighted by Gasteiger charge is 2.49. The molecule has 1 N–H and O–H groups in total. The van der Waals surface area contributed by atoms with Gasteiger partial charge in [0, 0.05) is 6.54 Å². The molecule has 4 nitrogen and oxygen atoms in total. The van der Waals surface area contributed by atoms with Gasteiger partial charge in [0.15, 0.2) is 0 Å². The average molecular weight is 312 g/mol. The minimum Gasteiger partial charge on any atom is -0.323 e. The molecule has 3 rings (SSSR count). The predicted molar refractivity (Wildman–Crippen MR) is 90.8 cm³/mol. The molecule has 1 heterocycles. The van der Waals surface area contributed by atoms with E-state index in [-0.39, 0.29) is 11.9 Å². The minimum atomic E-state index is -0.641. The molecule has 1 spiro atoms. The number of amides is 3. The third-order valence-electron chi connectivity index (χ3n) is 4.85. The van der Waals surface area contributed by atoms with Gasteiger partial charge in [0.05, 0.1) is 0 Å². The van der Waals surface area contributed by atoms with Crippen LogP contribution in [0.15, 0.2) is 36.4 Å². The van der Waals surface area contributed by atoms with E-state index >= 15 is 0 Å². The monoisotopic (exact) mass is 312 g/mol. The van der Waals surface area contributed by atoms with Crippen molar-refractivity contribution >= 4 is 18.0 Å². The highest BCUT2D eigenvalue weighted by molar-refractivity contribution is 6.07. The molecule has 2 aliphatic rings. The van der Waals surface area contributed by atoms with Crippen LogP contribution in [0, 0.1) is 0 Å². The van der Waals surface area contributed by atoms with Crippen LogP contribution in [0.3, 0.4) is 0 Å². The van der Waals surface area contributed by atoms with Crippen molar-refractivity contribution in [3.63, 3.8) is 0 Å². The zero-order valence-electron chi connectivity index (χ0n) is 13.5. The summed E-state index contributed by atoms with van der Waals surface area (Å²) in [5.41, 5.74) is 0.429. The second-order valence-corrected chi connectivity index (χ2v) is 6.51. The summed E-state index contributed by atoms with van der Waals surface area (Å²) in [5, 5.41) is 2.99. The van der Waals surface area contributed by atoms with Gasteiger partial charge in [-0.2, -0.15) is 0 Å². The van der Waals surface area contributed by atoms with Crippen LogP contribution in [0.2, 0.25) is 0 Å². The van der Waals surface area contributed by atoms with Gasteiger partial charge in [-0.1, -0.05) is 74.6 Å². The molecule has 4 heteroatoms. The largest absolute Gasteiger partial charge is 0.325 e. The number of carbonyl (C=O) groups excluding carboxylic acids is 2. The van der Waals surface area contributed by atoms with E-state index in [4.69, 9.17) is 0 Å². The standard InChI is InChI=1S/C19H24N2O2/c22-17-19(13-7-2-1-3-8-14-19)20-18(23)21(17)15-9-12-16-10-5-4-6-11-16/h4-6,9-12H,1-3,7-8,13-15H2,(H,20,23). The van der Waals surface area contributed by atoms with Crippen LogP contribution >= 0.6 is 0 Å². The van der Waals surface area contributed by atoms with E-state index in [1.54, 1.807) is 0 Å². The molecule has 0 atom stereocenters. The van der Waals surface area contributed by atoms with Gasteiger partial charge in [0.2, 0.25) is 0 Å². The van der Waals surface area contributed by atoms with Crippen LogP contribution in [0.1, 0.15) is 50.5 Å². The summed E-state index contributed by atoms with van der Waals surface area (Å²) < 4.78 is 0. The summed E-state index contributed by atoms with van der Waals surface area (Å²) >= 11 is 0. The fourth-order valence-corrected chi connectivity index (χ4v) is 3.55. The van der Waals surface area contributed by atoms with Crippen LogP contribution in [0.4, 0.5) is 4.79 Å². The van der Waals surface area contributed by atoms with Crippen molar-refractivity contribution in [1.29, 1.82) is 0 Å². The first kappa shape index (κ1) is 15.8. The summed E-state index contributed by atoms with van der Waals surface area (Å²) in [6.45, 7) is 0.335. The molecule has 122 valence electrons. The lowest BCUT2D eigenvalue weighted by atomic mass is 9.84. The van der Waals surface area contributed by atoms with E-state index < -0.39 is 5.54 Å². The molecular formula is C19H24N2O2. The van der Waals surface area contributed by atoms with Gasteiger partial charge in [-0.05, 0) is 18.4 Å². The average Bonchev–Trinajstić information content (AvgIpc) is 2.77. The normalized spacial score (nSPS) is 21.5. The van der Waals surface area contributed by atoms with E-state index in [1.165, 1.54) is 11.3 Å². The van der Waals surface area contributed by atoms with Crippen molar-refractivity contribution in [1.82, 2.24) is 10.2 Å². The third kappa shape index (κ3) is 3.46. The molecule has 1 aliphatic heterocycles. The lowest BCUT2D eigenvalue weighted by Gasteiger charge is -2.28. The van der Waals surface area contributed by atoms with Gasteiger partial charge in [0.1, 0.15) is 5.54 Å². The minimum absolute atomic E-state index is 0.0397. The summed E-state index contributed by atoms with van der Waals surface area (Å²) in [4.78, 5) is 26.4. The van der Waals surface area contributed by atoms with Gasteiger partial charge in [-0.15, -0.1) is 0 Å². The Morgan fingerprint density at radius 3 is 2.35 bits per heavy atom. The predicted octanol–water partition coefficient (Wildman–Crippen LogP) is 3.73. The lowest BCUT2D eigenvalue weighted by Crippen LogP contribution is -2.47. The molecule has 23 heavy (non-hydrogen) atoms.